The van der Waals surface area contributed by atoms with Crippen LogP contribution in [0, 0.1) is 5.92 Å². The first-order chi connectivity index (χ1) is 8.48. The minimum Gasteiger partial charge on any atom is -0.383 e. The second-order valence-corrected chi connectivity index (χ2v) is 5.40. The monoisotopic (exact) mass is 266 g/mol. The zero-order chi connectivity index (χ0) is 13.2. The van der Waals surface area contributed by atoms with Crippen molar-refractivity contribution >= 4 is 0 Å². The average molecular weight is 266 g/mol. The van der Waals surface area contributed by atoms with Gasteiger partial charge in [-0.1, -0.05) is 0 Å². The molecule has 0 radical (unpaired) electrons. The molecule has 1 aliphatic carbocycles. The quantitative estimate of drug-likeness (QED) is 0.791. The Morgan fingerprint density at radius 1 is 1.33 bits per heavy atom. The number of rotatable bonds is 6. The third-order valence-electron chi connectivity index (χ3n) is 3.66. The Kier molecular flexibility index (Phi) is 4.50. The van der Waals surface area contributed by atoms with Crippen molar-refractivity contribution in [1.82, 2.24) is 10.2 Å². The van der Waals surface area contributed by atoms with Crippen LogP contribution in [0.1, 0.15) is 19.3 Å². The summed E-state index contributed by atoms with van der Waals surface area (Å²) in [4.78, 5) is 1.48. The van der Waals surface area contributed by atoms with Gasteiger partial charge in [0, 0.05) is 32.3 Å². The van der Waals surface area contributed by atoms with E-state index >= 15 is 0 Å². The summed E-state index contributed by atoms with van der Waals surface area (Å²) < 4.78 is 42.0. The van der Waals surface area contributed by atoms with Crippen LogP contribution in [0.3, 0.4) is 0 Å². The molecule has 1 N–H and O–H groups in total. The predicted molar refractivity (Wildman–Crippen MR) is 62.4 cm³/mol. The summed E-state index contributed by atoms with van der Waals surface area (Å²) in [7, 11) is 1.67. The molecular formula is C12H21F3N2O. The van der Waals surface area contributed by atoms with Crippen molar-refractivity contribution in [1.29, 1.82) is 0 Å². The molecule has 6 heteroatoms. The van der Waals surface area contributed by atoms with E-state index in [-0.39, 0.29) is 6.04 Å². The van der Waals surface area contributed by atoms with Crippen molar-refractivity contribution < 1.29 is 17.9 Å². The lowest BCUT2D eigenvalue weighted by Gasteiger charge is -2.23. The number of hydrogen-bond acceptors (Lipinski definition) is 3. The molecule has 0 amide bonds. The normalized spacial score (nSPS) is 27.7. The van der Waals surface area contributed by atoms with Gasteiger partial charge < -0.3 is 10.1 Å². The zero-order valence-electron chi connectivity index (χ0n) is 10.7. The second kappa shape index (κ2) is 5.75. The molecule has 3 nitrogen and oxygen atoms in total. The first-order valence-electron chi connectivity index (χ1n) is 6.52. The van der Waals surface area contributed by atoms with E-state index in [1.54, 1.807) is 7.11 Å². The van der Waals surface area contributed by atoms with Gasteiger partial charge in [-0.15, -0.1) is 0 Å². The zero-order valence-corrected chi connectivity index (χ0v) is 10.7. The Hall–Kier alpha value is -0.330. The summed E-state index contributed by atoms with van der Waals surface area (Å²) in [6.45, 7) is 0.887. The van der Waals surface area contributed by atoms with E-state index in [0.717, 1.165) is 6.42 Å². The molecule has 2 fully saturated rings. The summed E-state index contributed by atoms with van der Waals surface area (Å²) in [5, 5.41) is 3.46. The molecule has 2 aliphatic rings. The smallest absolute Gasteiger partial charge is 0.383 e. The van der Waals surface area contributed by atoms with Gasteiger partial charge in [-0.3, -0.25) is 4.90 Å². The van der Waals surface area contributed by atoms with Gasteiger partial charge in [0.15, 0.2) is 0 Å². The van der Waals surface area contributed by atoms with Gasteiger partial charge in [-0.25, -0.2) is 0 Å². The molecule has 0 unspecified atom stereocenters. The molecule has 2 rings (SSSR count). The van der Waals surface area contributed by atoms with Crippen LogP contribution in [0.2, 0.25) is 0 Å². The Bertz CT molecular complexity index is 269. The number of likely N-dealkylation sites (tertiary alicyclic amines) is 1. The van der Waals surface area contributed by atoms with Crippen molar-refractivity contribution in [3.05, 3.63) is 0 Å². The standard InChI is InChI=1S/C12H21F3N2O/c1-18-7-11(9-2-3-9)16-10-4-5-17(6-10)8-12(13,14)15/h9-11,16H,2-8H2,1H3/t10-,11-/m0/s1. The predicted octanol–water partition coefficient (Wildman–Crippen LogP) is 1.64. The van der Waals surface area contributed by atoms with E-state index in [1.165, 1.54) is 17.7 Å². The molecule has 1 saturated heterocycles. The first-order valence-corrected chi connectivity index (χ1v) is 6.52. The van der Waals surface area contributed by atoms with Gasteiger partial charge in [0.05, 0.1) is 13.2 Å². The van der Waals surface area contributed by atoms with Crippen molar-refractivity contribution in [2.75, 3.05) is 33.4 Å². The summed E-state index contributed by atoms with van der Waals surface area (Å²) in [6.07, 6.45) is -0.875. The third kappa shape index (κ3) is 4.40. The highest BCUT2D eigenvalue weighted by molar-refractivity contribution is 4.91. The topological polar surface area (TPSA) is 24.5 Å². The fraction of sp³-hybridized carbons (Fsp3) is 1.00. The summed E-state index contributed by atoms with van der Waals surface area (Å²) in [5.41, 5.74) is 0. The summed E-state index contributed by atoms with van der Waals surface area (Å²) in [6, 6.07) is 0.485. The highest BCUT2D eigenvalue weighted by Crippen LogP contribution is 2.33. The minimum absolute atomic E-state index is 0.174. The number of ether oxygens (including phenoxy) is 1. The Labute approximate surface area is 106 Å². The van der Waals surface area contributed by atoms with E-state index in [4.69, 9.17) is 4.74 Å². The number of alkyl halides is 3. The van der Waals surface area contributed by atoms with E-state index in [0.29, 0.717) is 31.7 Å². The lowest BCUT2D eigenvalue weighted by Crippen LogP contribution is -2.44. The number of nitrogens with zero attached hydrogens (tertiary/aromatic N) is 1. The molecule has 0 bridgehead atoms. The maximum absolute atomic E-state index is 12.3. The molecule has 18 heavy (non-hydrogen) atoms. The number of hydrogen-bond donors (Lipinski definition) is 1. The van der Waals surface area contributed by atoms with Crippen LogP contribution in [0.5, 0.6) is 0 Å². The van der Waals surface area contributed by atoms with E-state index in [1.807, 2.05) is 0 Å². The molecule has 106 valence electrons. The molecule has 0 aromatic carbocycles. The van der Waals surface area contributed by atoms with Gasteiger partial charge in [0.25, 0.3) is 0 Å². The SMILES string of the molecule is COC[C@H](N[C@H]1CCN(CC(F)(F)F)C1)C1CC1. The van der Waals surface area contributed by atoms with Crippen molar-refractivity contribution in [2.24, 2.45) is 5.92 Å². The lowest BCUT2D eigenvalue weighted by molar-refractivity contribution is -0.143. The van der Waals surface area contributed by atoms with Gasteiger partial charge in [0.2, 0.25) is 0 Å². The van der Waals surface area contributed by atoms with Crippen LogP contribution in [-0.4, -0.2) is 56.5 Å². The van der Waals surface area contributed by atoms with Gasteiger partial charge >= 0.3 is 6.18 Å². The molecule has 0 aromatic rings. The van der Waals surface area contributed by atoms with Gasteiger partial charge in [-0.2, -0.15) is 13.2 Å². The second-order valence-electron chi connectivity index (χ2n) is 5.40. The first kappa shape index (κ1) is 14.1. The van der Waals surface area contributed by atoms with Crippen LogP contribution in [-0.2, 0) is 4.74 Å². The Morgan fingerprint density at radius 2 is 2.06 bits per heavy atom. The van der Waals surface area contributed by atoms with E-state index < -0.39 is 12.7 Å². The van der Waals surface area contributed by atoms with Crippen LogP contribution >= 0.6 is 0 Å². The highest BCUT2D eigenvalue weighted by Gasteiger charge is 2.37. The van der Waals surface area contributed by atoms with E-state index in [2.05, 4.69) is 5.32 Å². The summed E-state index contributed by atoms with van der Waals surface area (Å²) >= 11 is 0. The number of nitrogens with one attached hydrogen (secondary N) is 1. The van der Waals surface area contributed by atoms with Crippen molar-refractivity contribution in [3.63, 3.8) is 0 Å². The molecule has 1 saturated carbocycles. The van der Waals surface area contributed by atoms with Crippen molar-refractivity contribution in [3.8, 4) is 0 Å². The molecule has 0 spiro atoms. The Balaban J connectivity index is 1.74. The highest BCUT2D eigenvalue weighted by atomic mass is 19.4. The van der Waals surface area contributed by atoms with Gasteiger partial charge in [0.1, 0.15) is 0 Å². The van der Waals surface area contributed by atoms with E-state index in [9.17, 15) is 13.2 Å². The third-order valence-corrected chi connectivity index (χ3v) is 3.66. The van der Waals surface area contributed by atoms with Crippen LogP contribution in [0.4, 0.5) is 13.2 Å². The van der Waals surface area contributed by atoms with Gasteiger partial charge in [-0.05, 0) is 25.2 Å². The maximum atomic E-state index is 12.3. The minimum atomic E-state index is -4.09. The number of halogens is 3. The lowest BCUT2D eigenvalue weighted by atomic mass is 10.1. The molecule has 2 atom stereocenters. The Morgan fingerprint density at radius 3 is 2.61 bits per heavy atom. The fourth-order valence-corrected chi connectivity index (χ4v) is 2.67. The van der Waals surface area contributed by atoms with Crippen LogP contribution < -0.4 is 5.32 Å². The van der Waals surface area contributed by atoms with Crippen LogP contribution in [0.25, 0.3) is 0 Å². The summed E-state index contributed by atoms with van der Waals surface area (Å²) in [5.74, 6) is 0.654. The fourth-order valence-electron chi connectivity index (χ4n) is 2.67. The maximum Gasteiger partial charge on any atom is 0.401 e. The molecule has 1 heterocycles. The molecule has 1 aliphatic heterocycles. The van der Waals surface area contributed by atoms with Crippen molar-refractivity contribution in [2.45, 2.75) is 37.5 Å². The number of methoxy groups -OCH3 is 1. The average Bonchev–Trinajstić information content (AvgIpc) is 3.00. The largest absolute Gasteiger partial charge is 0.401 e. The molecular weight excluding hydrogens is 245 g/mol. The molecule has 0 aromatic heterocycles. The van der Waals surface area contributed by atoms with Crippen LogP contribution in [0.15, 0.2) is 0 Å².